The Morgan fingerprint density at radius 2 is 1.75 bits per heavy atom. The van der Waals surface area contributed by atoms with Crippen LogP contribution in [-0.2, 0) is 0 Å². The molecule has 1 saturated carbocycles. The smallest absolute Gasteiger partial charge is 0.0789 e. The van der Waals surface area contributed by atoms with Crippen LogP contribution in [0.1, 0.15) is 25.7 Å². The van der Waals surface area contributed by atoms with Crippen molar-refractivity contribution in [3.8, 4) is 0 Å². The molecule has 3 nitrogen and oxygen atoms in total. The molecule has 0 spiro atoms. The SMILES string of the molecule is NNC1(N)CCCC1. The largest absolute Gasteiger partial charge is 0.312 e. The Morgan fingerprint density at radius 3 is 2.00 bits per heavy atom. The summed E-state index contributed by atoms with van der Waals surface area (Å²) in [6, 6.07) is 0. The highest BCUT2D eigenvalue weighted by Gasteiger charge is 2.26. The van der Waals surface area contributed by atoms with Gasteiger partial charge in [-0.15, -0.1) is 0 Å². The first-order chi connectivity index (χ1) is 3.77. The van der Waals surface area contributed by atoms with E-state index in [1.165, 1.54) is 12.8 Å². The van der Waals surface area contributed by atoms with Crippen LogP contribution in [-0.4, -0.2) is 5.66 Å². The monoisotopic (exact) mass is 115 g/mol. The molecule has 0 aliphatic heterocycles. The lowest BCUT2D eigenvalue weighted by Gasteiger charge is -2.21. The zero-order chi connectivity index (χ0) is 6.04. The third-order valence-electron chi connectivity index (χ3n) is 1.78. The fraction of sp³-hybridized carbons (Fsp3) is 1.00. The Hall–Kier alpha value is -0.120. The van der Waals surface area contributed by atoms with Crippen molar-refractivity contribution in [1.29, 1.82) is 0 Å². The fourth-order valence-electron chi connectivity index (χ4n) is 1.15. The molecule has 1 aliphatic carbocycles. The minimum Gasteiger partial charge on any atom is -0.312 e. The van der Waals surface area contributed by atoms with Gasteiger partial charge in [-0.1, -0.05) is 12.8 Å². The van der Waals surface area contributed by atoms with E-state index in [4.69, 9.17) is 11.6 Å². The summed E-state index contributed by atoms with van der Waals surface area (Å²) in [5.41, 5.74) is 8.10. The maximum atomic E-state index is 5.72. The van der Waals surface area contributed by atoms with Crippen molar-refractivity contribution in [2.45, 2.75) is 31.3 Å². The third-order valence-corrected chi connectivity index (χ3v) is 1.78. The molecule has 0 aromatic heterocycles. The van der Waals surface area contributed by atoms with Gasteiger partial charge in [0, 0.05) is 0 Å². The molecule has 48 valence electrons. The van der Waals surface area contributed by atoms with Crippen molar-refractivity contribution in [3.63, 3.8) is 0 Å². The van der Waals surface area contributed by atoms with Crippen LogP contribution in [0.2, 0.25) is 0 Å². The van der Waals surface area contributed by atoms with Gasteiger partial charge in [0.25, 0.3) is 0 Å². The van der Waals surface area contributed by atoms with Gasteiger partial charge in [0.1, 0.15) is 0 Å². The van der Waals surface area contributed by atoms with Crippen LogP contribution in [0.5, 0.6) is 0 Å². The van der Waals surface area contributed by atoms with Crippen LogP contribution in [0.15, 0.2) is 0 Å². The molecule has 0 aromatic rings. The Labute approximate surface area is 49.4 Å². The molecule has 0 atom stereocenters. The summed E-state index contributed by atoms with van der Waals surface area (Å²) in [7, 11) is 0. The Kier molecular flexibility index (Phi) is 1.51. The number of nitrogens with one attached hydrogen (secondary N) is 1. The normalized spacial score (nSPS) is 26.2. The van der Waals surface area contributed by atoms with Crippen molar-refractivity contribution in [1.82, 2.24) is 5.43 Å². The minimum absolute atomic E-state index is 0.236. The summed E-state index contributed by atoms with van der Waals surface area (Å²) in [6.45, 7) is 0. The van der Waals surface area contributed by atoms with Crippen LogP contribution in [0, 0.1) is 0 Å². The van der Waals surface area contributed by atoms with Gasteiger partial charge in [0.05, 0.1) is 5.66 Å². The van der Waals surface area contributed by atoms with E-state index < -0.39 is 0 Å². The first-order valence-corrected chi connectivity index (χ1v) is 3.03. The molecule has 1 aliphatic rings. The van der Waals surface area contributed by atoms with E-state index in [2.05, 4.69) is 5.43 Å². The predicted molar refractivity (Wildman–Crippen MR) is 32.7 cm³/mol. The van der Waals surface area contributed by atoms with Crippen molar-refractivity contribution in [3.05, 3.63) is 0 Å². The second-order valence-electron chi connectivity index (χ2n) is 2.51. The molecule has 1 rings (SSSR count). The minimum atomic E-state index is -0.236. The molecule has 5 N–H and O–H groups in total. The highest BCUT2D eigenvalue weighted by atomic mass is 15.3. The average molecular weight is 115 g/mol. The number of hydrogen-bond donors (Lipinski definition) is 3. The lowest BCUT2D eigenvalue weighted by Crippen LogP contribution is -2.54. The van der Waals surface area contributed by atoms with Gasteiger partial charge in [-0.05, 0) is 12.8 Å². The quantitative estimate of drug-likeness (QED) is 0.249. The van der Waals surface area contributed by atoms with Gasteiger partial charge in [-0.3, -0.25) is 5.84 Å². The van der Waals surface area contributed by atoms with Gasteiger partial charge in [-0.25, -0.2) is 5.43 Å². The van der Waals surface area contributed by atoms with Gasteiger partial charge in [0.15, 0.2) is 0 Å². The van der Waals surface area contributed by atoms with E-state index in [0.717, 1.165) is 12.8 Å². The van der Waals surface area contributed by atoms with Crippen molar-refractivity contribution < 1.29 is 0 Å². The summed E-state index contributed by atoms with van der Waals surface area (Å²) in [4.78, 5) is 0. The fourth-order valence-corrected chi connectivity index (χ4v) is 1.15. The Bertz CT molecular complexity index is 75.7. The van der Waals surface area contributed by atoms with E-state index in [1.807, 2.05) is 0 Å². The van der Waals surface area contributed by atoms with Crippen molar-refractivity contribution in [2.75, 3.05) is 0 Å². The summed E-state index contributed by atoms with van der Waals surface area (Å²) < 4.78 is 0. The van der Waals surface area contributed by atoms with Gasteiger partial charge < -0.3 is 5.73 Å². The molecule has 3 heteroatoms. The number of rotatable bonds is 1. The summed E-state index contributed by atoms with van der Waals surface area (Å²) >= 11 is 0. The van der Waals surface area contributed by atoms with Crippen LogP contribution in [0.4, 0.5) is 0 Å². The van der Waals surface area contributed by atoms with E-state index in [9.17, 15) is 0 Å². The van der Waals surface area contributed by atoms with Gasteiger partial charge in [-0.2, -0.15) is 0 Å². The number of nitrogens with two attached hydrogens (primary N) is 2. The summed E-state index contributed by atoms with van der Waals surface area (Å²) in [5, 5.41) is 0. The molecule has 0 aromatic carbocycles. The highest BCUT2D eigenvalue weighted by molar-refractivity contribution is 4.83. The zero-order valence-electron chi connectivity index (χ0n) is 4.98. The lowest BCUT2D eigenvalue weighted by molar-refractivity contribution is 0.351. The molecule has 0 heterocycles. The van der Waals surface area contributed by atoms with Crippen LogP contribution < -0.4 is 17.0 Å². The van der Waals surface area contributed by atoms with E-state index in [0.29, 0.717) is 0 Å². The molecule has 0 unspecified atom stereocenters. The maximum absolute atomic E-state index is 5.72. The van der Waals surface area contributed by atoms with Gasteiger partial charge >= 0.3 is 0 Å². The lowest BCUT2D eigenvalue weighted by atomic mass is 10.2. The van der Waals surface area contributed by atoms with E-state index in [1.54, 1.807) is 0 Å². The first-order valence-electron chi connectivity index (χ1n) is 3.03. The zero-order valence-corrected chi connectivity index (χ0v) is 4.98. The molecule has 0 bridgehead atoms. The molecule has 1 fully saturated rings. The second-order valence-corrected chi connectivity index (χ2v) is 2.51. The van der Waals surface area contributed by atoms with E-state index in [-0.39, 0.29) is 5.66 Å². The highest BCUT2D eigenvalue weighted by Crippen LogP contribution is 2.23. The molecular weight excluding hydrogens is 102 g/mol. The molecule has 0 saturated heterocycles. The first kappa shape index (κ1) is 6.01. The second kappa shape index (κ2) is 2.01. The topological polar surface area (TPSA) is 64.1 Å². The standard InChI is InChI=1S/C5H13N3/c6-5(8-7)3-1-2-4-5/h8H,1-4,6-7H2. The molecule has 0 amide bonds. The Balaban J connectivity index is 2.40. The third kappa shape index (κ3) is 0.992. The maximum Gasteiger partial charge on any atom is 0.0789 e. The van der Waals surface area contributed by atoms with Crippen LogP contribution in [0.25, 0.3) is 0 Å². The average Bonchev–Trinajstić information content (AvgIpc) is 2.17. The number of hydrazine groups is 1. The molecule has 8 heavy (non-hydrogen) atoms. The molecular formula is C5H13N3. The van der Waals surface area contributed by atoms with E-state index >= 15 is 0 Å². The predicted octanol–water partition coefficient (Wildman–Crippen LogP) is -0.321. The summed E-state index contributed by atoms with van der Waals surface area (Å²) in [6.07, 6.45) is 4.45. The summed E-state index contributed by atoms with van der Waals surface area (Å²) in [5.74, 6) is 5.19. The molecule has 0 radical (unpaired) electrons. The van der Waals surface area contributed by atoms with Crippen LogP contribution in [0.3, 0.4) is 0 Å². The van der Waals surface area contributed by atoms with Crippen LogP contribution >= 0.6 is 0 Å². The van der Waals surface area contributed by atoms with Crippen molar-refractivity contribution in [2.24, 2.45) is 11.6 Å². The number of hydrogen-bond acceptors (Lipinski definition) is 3. The Morgan fingerprint density at radius 1 is 1.25 bits per heavy atom. The van der Waals surface area contributed by atoms with Gasteiger partial charge in [0.2, 0.25) is 0 Å². The van der Waals surface area contributed by atoms with Crippen molar-refractivity contribution >= 4 is 0 Å².